The number of hydrogen-bond acceptors (Lipinski definition) is 3. The fourth-order valence-electron chi connectivity index (χ4n) is 3.36. The highest BCUT2D eigenvalue weighted by atomic mass is 16.5. The van der Waals surface area contributed by atoms with Gasteiger partial charge in [0.05, 0.1) is 5.41 Å². The maximum Gasteiger partial charge on any atom is 0.210 e. The van der Waals surface area contributed by atoms with Crippen molar-refractivity contribution in [3.8, 4) is 0 Å². The minimum absolute atomic E-state index is 0.293. The van der Waals surface area contributed by atoms with E-state index in [1.54, 1.807) is 0 Å². The van der Waals surface area contributed by atoms with E-state index in [4.69, 9.17) is 0 Å². The van der Waals surface area contributed by atoms with Crippen molar-refractivity contribution >= 4 is 11.4 Å². The van der Waals surface area contributed by atoms with Gasteiger partial charge >= 0.3 is 0 Å². The number of benzene rings is 2. The van der Waals surface area contributed by atoms with E-state index in [0.29, 0.717) is 12.1 Å². The van der Waals surface area contributed by atoms with E-state index in [2.05, 4.69) is 19.0 Å². The molecule has 0 aliphatic carbocycles. The van der Waals surface area contributed by atoms with Gasteiger partial charge in [0, 0.05) is 17.5 Å². The molecule has 0 bridgehead atoms. The van der Waals surface area contributed by atoms with Gasteiger partial charge in [-0.15, -0.1) is 0 Å². The smallest absolute Gasteiger partial charge is 0.210 e. The molecule has 0 radical (unpaired) electrons. The van der Waals surface area contributed by atoms with Crippen LogP contribution in [0.3, 0.4) is 0 Å². The van der Waals surface area contributed by atoms with Gasteiger partial charge < -0.3 is 10.4 Å². The van der Waals surface area contributed by atoms with Crippen LogP contribution in [0.2, 0.25) is 0 Å². The van der Waals surface area contributed by atoms with Gasteiger partial charge in [-0.1, -0.05) is 53.7 Å². The molecule has 0 aromatic heterocycles. The normalized spacial score (nSPS) is 20.8. The molecular weight excluding hydrogens is 288 g/mol. The van der Waals surface area contributed by atoms with Gasteiger partial charge in [0.25, 0.3) is 0 Å². The molecule has 0 spiro atoms. The standard InChI is InChI=1S/C19H20N2O2/c1-19(2)13-16(17(20-22)14-9-5-3-6-10-14)21(23)18(19)15-11-7-4-8-12-15/h3-12,16,22H,13H2,1-2H3/b20-17-/t16-/m1/s1. The van der Waals surface area contributed by atoms with Gasteiger partial charge in [0.2, 0.25) is 11.8 Å². The summed E-state index contributed by atoms with van der Waals surface area (Å²) in [5, 5.41) is 25.9. The minimum Gasteiger partial charge on any atom is -0.623 e. The molecule has 0 saturated carbocycles. The van der Waals surface area contributed by atoms with E-state index < -0.39 is 6.04 Å². The Labute approximate surface area is 136 Å². The van der Waals surface area contributed by atoms with E-state index in [9.17, 15) is 10.4 Å². The molecule has 0 amide bonds. The van der Waals surface area contributed by atoms with Gasteiger partial charge in [-0.3, -0.25) is 0 Å². The third kappa shape index (κ3) is 2.72. The van der Waals surface area contributed by atoms with Crippen molar-refractivity contribution in [2.75, 3.05) is 0 Å². The molecule has 2 aromatic rings. The van der Waals surface area contributed by atoms with Crippen molar-refractivity contribution < 1.29 is 9.95 Å². The van der Waals surface area contributed by atoms with Crippen LogP contribution >= 0.6 is 0 Å². The van der Waals surface area contributed by atoms with Gasteiger partial charge in [-0.25, -0.2) is 0 Å². The Morgan fingerprint density at radius 1 is 1.09 bits per heavy atom. The number of nitrogens with zero attached hydrogens (tertiary/aromatic N) is 2. The quantitative estimate of drug-likeness (QED) is 0.309. The van der Waals surface area contributed by atoms with E-state index in [0.717, 1.165) is 21.6 Å². The van der Waals surface area contributed by atoms with Crippen molar-refractivity contribution in [2.45, 2.75) is 26.3 Å². The molecule has 1 heterocycles. The summed E-state index contributed by atoms with van der Waals surface area (Å²) in [5.41, 5.74) is 2.55. The summed E-state index contributed by atoms with van der Waals surface area (Å²) in [7, 11) is 0. The van der Waals surface area contributed by atoms with Crippen LogP contribution in [0.4, 0.5) is 0 Å². The van der Waals surface area contributed by atoms with Crippen LogP contribution < -0.4 is 0 Å². The van der Waals surface area contributed by atoms with Gasteiger partial charge in [-0.2, -0.15) is 4.74 Å². The molecule has 4 nitrogen and oxygen atoms in total. The highest BCUT2D eigenvalue weighted by molar-refractivity contribution is 6.08. The number of hydroxylamine groups is 1. The average molecular weight is 308 g/mol. The highest BCUT2D eigenvalue weighted by Gasteiger charge is 2.47. The fourth-order valence-corrected chi connectivity index (χ4v) is 3.36. The summed E-state index contributed by atoms with van der Waals surface area (Å²) in [6.45, 7) is 4.11. The minimum atomic E-state index is -0.493. The van der Waals surface area contributed by atoms with Crippen molar-refractivity contribution in [1.29, 1.82) is 0 Å². The highest BCUT2D eigenvalue weighted by Crippen LogP contribution is 2.36. The summed E-state index contributed by atoms with van der Waals surface area (Å²) < 4.78 is 1.01. The first-order valence-corrected chi connectivity index (χ1v) is 7.71. The summed E-state index contributed by atoms with van der Waals surface area (Å²) in [6, 6.07) is 18.5. The first-order chi connectivity index (χ1) is 11.0. The lowest BCUT2D eigenvalue weighted by Gasteiger charge is -2.15. The van der Waals surface area contributed by atoms with E-state index in [1.807, 2.05) is 60.7 Å². The molecule has 0 fully saturated rings. The number of oxime groups is 1. The molecule has 118 valence electrons. The predicted octanol–water partition coefficient (Wildman–Crippen LogP) is 3.66. The summed E-state index contributed by atoms with van der Waals surface area (Å²) in [5.74, 6) is 0. The number of rotatable bonds is 3. The Kier molecular flexibility index (Phi) is 3.90. The van der Waals surface area contributed by atoms with E-state index >= 15 is 0 Å². The zero-order valence-electron chi connectivity index (χ0n) is 13.3. The van der Waals surface area contributed by atoms with Crippen LogP contribution in [0.1, 0.15) is 31.4 Å². The third-order valence-electron chi connectivity index (χ3n) is 4.39. The molecule has 1 N–H and O–H groups in total. The van der Waals surface area contributed by atoms with Crippen molar-refractivity contribution in [3.05, 3.63) is 77.0 Å². The van der Waals surface area contributed by atoms with Crippen LogP contribution in [0, 0.1) is 10.6 Å². The van der Waals surface area contributed by atoms with Gasteiger partial charge in [0.1, 0.15) is 0 Å². The van der Waals surface area contributed by atoms with Crippen molar-refractivity contribution in [1.82, 2.24) is 0 Å². The maximum atomic E-state index is 13.0. The first kappa shape index (κ1) is 15.3. The third-order valence-corrected chi connectivity index (χ3v) is 4.39. The van der Waals surface area contributed by atoms with Crippen molar-refractivity contribution in [2.24, 2.45) is 10.6 Å². The van der Waals surface area contributed by atoms with Crippen LogP contribution in [-0.4, -0.2) is 27.4 Å². The zero-order valence-corrected chi connectivity index (χ0v) is 13.3. The second-order valence-corrected chi connectivity index (χ2v) is 6.50. The van der Waals surface area contributed by atoms with E-state index in [-0.39, 0.29) is 5.41 Å². The predicted molar refractivity (Wildman–Crippen MR) is 91.1 cm³/mol. The number of hydrogen-bond donors (Lipinski definition) is 1. The lowest BCUT2D eigenvalue weighted by atomic mass is 9.80. The largest absolute Gasteiger partial charge is 0.623 e. The Bertz CT molecular complexity index is 749. The molecule has 1 aliphatic rings. The molecule has 4 heteroatoms. The lowest BCUT2D eigenvalue weighted by molar-refractivity contribution is -0.471. The summed E-state index contributed by atoms with van der Waals surface area (Å²) in [6.07, 6.45) is 0.606. The average Bonchev–Trinajstić information content (AvgIpc) is 2.79. The van der Waals surface area contributed by atoms with Gasteiger partial charge in [0.15, 0.2) is 5.71 Å². The van der Waals surface area contributed by atoms with Crippen LogP contribution in [-0.2, 0) is 0 Å². The molecule has 2 aromatic carbocycles. The monoisotopic (exact) mass is 308 g/mol. The van der Waals surface area contributed by atoms with Crippen LogP contribution in [0.15, 0.2) is 65.8 Å². The molecule has 0 unspecified atom stereocenters. The Morgan fingerprint density at radius 3 is 2.22 bits per heavy atom. The second kappa shape index (κ2) is 5.88. The second-order valence-electron chi connectivity index (χ2n) is 6.50. The summed E-state index contributed by atoms with van der Waals surface area (Å²) in [4.78, 5) is 0. The lowest BCUT2D eigenvalue weighted by Crippen LogP contribution is -2.29. The molecule has 23 heavy (non-hydrogen) atoms. The topological polar surface area (TPSA) is 58.7 Å². The Hall–Kier alpha value is -2.62. The van der Waals surface area contributed by atoms with Crippen LogP contribution in [0.5, 0.6) is 0 Å². The summed E-state index contributed by atoms with van der Waals surface area (Å²) >= 11 is 0. The molecule has 1 aliphatic heterocycles. The Balaban J connectivity index is 2.07. The first-order valence-electron chi connectivity index (χ1n) is 7.71. The molecular formula is C19H20N2O2. The molecule has 3 rings (SSSR count). The van der Waals surface area contributed by atoms with Gasteiger partial charge in [-0.05, 0) is 26.0 Å². The SMILES string of the molecule is CC1(C)C[C@H](/C(=N\O)c2ccccc2)[N+]([O-])=C1c1ccccc1. The zero-order chi connectivity index (χ0) is 16.4. The fraction of sp³-hybridized carbons (Fsp3) is 0.263. The molecule has 1 atom stereocenters. The van der Waals surface area contributed by atoms with E-state index in [1.165, 1.54) is 0 Å². The van der Waals surface area contributed by atoms with Crippen molar-refractivity contribution in [3.63, 3.8) is 0 Å². The van der Waals surface area contributed by atoms with Crippen LogP contribution in [0.25, 0.3) is 0 Å². The molecule has 0 saturated heterocycles. The maximum absolute atomic E-state index is 13.0. The Morgan fingerprint density at radius 2 is 1.65 bits per heavy atom.